The van der Waals surface area contributed by atoms with E-state index in [9.17, 15) is 10.1 Å². The summed E-state index contributed by atoms with van der Waals surface area (Å²) in [7, 11) is 0. The molecular formula is C24H23N3O3. The number of esters is 1. The number of ether oxygens (including phenoxy) is 2. The fourth-order valence-electron chi connectivity index (χ4n) is 4.28. The van der Waals surface area contributed by atoms with E-state index in [1.807, 2.05) is 30.3 Å². The number of para-hydroxylation sites is 1. The second kappa shape index (κ2) is 7.60. The fraction of sp³-hybridized carbons (Fsp3) is 0.250. The highest BCUT2D eigenvalue weighted by Crippen LogP contribution is 2.41. The number of carbonyl (C=O) groups excluding carboxylic acids is 1. The molecule has 1 aliphatic heterocycles. The van der Waals surface area contributed by atoms with Crippen molar-refractivity contribution < 1.29 is 14.3 Å². The normalized spacial score (nSPS) is 16.7. The number of nitrogens with zero attached hydrogens (tertiary/aromatic N) is 2. The lowest BCUT2D eigenvalue weighted by Crippen LogP contribution is -2.25. The standard InChI is InChI=1S/C24H23N3O3/c1-4-27-19-9-7-6-8-16(19)17-12-15(10-11-20(17)27)22-18(13-25)23(26)30-14(3)21(22)24(28)29-5-2/h6-12,22H,4-5,26H2,1-3H3. The summed E-state index contributed by atoms with van der Waals surface area (Å²) in [6, 6.07) is 16.4. The Hall–Kier alpha value is -3.72. The summed E-state index contributed by atoms with van der Waals surface area (Å²) in [6.45, 7) is 6.59. The number of aryl methyl sites for hydroxylation is 1. The number of fused-ring (bicyclic) bond motifs is 3. The maximum absolute atomic E-state index is 12.7. The third-order valence-corrected chi connectivity index (χ3v) is 5.55. The van der Waals surface area contributed by atoms with Crippen molar-refractivity contribution in [2.45, 2.75) is 33.2 Å². The smallest absolute Gasteiger partial charge is 0.338 e. The van der Waals surface area contributed by atoms with Crippen molar-refractivity contribution in [2.75, 3.05) is 6.61 Å². The molecule has 0 saturated heterocycles. The molecule has 1 atom stereocenters. The first-order valence-corrected chi connectivity index (χ1v) is 9.98. The second-order valence-corrected chi connectivity index (χ2v) is 7.15. The summed E-state index contributed by atoms with van der Waals surface area (Å²) in [4.78, 5) is 12.7. The molecule has 1 unspecified atom stereocenters. The van der Waals surface area contributed by atoms with Gasteiger partial charge in [-0.05, 0) is 44.5 Å². The highest BCUT2D eigenvalue weighted by Gasteiger charge is 2.36. The Morgan fingerprint density at radius 3 is 2.63 bits per heavy atom. The third-order valence-electron chi connectivity index (χ3n) is 5.55. The molecule has 2 N–H and O–H groups in total. The van der Waals surface area contributed by atoms with Crippen LogP contribution in [0.2, 0.25) is 0 Å². The van der Waals surface area contributed by atoms with Crippen molar-refractivity contribution in [1.82, 2.24) is 4.57 Å². The summed E-state index contributed by atoms with van der Waals surface area (Å²) in [5.41, 5.74) is 9.58. The molecule has 0 saturated carbocycles. The van der Waals surface area contributed by atoms with E-state index in [1.54, 1.807) is 13.8 Å². The molecule has 0 fully saturated rings. The van der Waals surface area contributed by atoms with Gasteiger partial charge in [0.1, 0.15) is 17.4 Å². The van der Waals surface area contributed by atoms with Gasteiger partial charge in [-0.1, -0.05) is 24.3 Å². The average molecular weight is 401 g/mol. The second-order valence-electron chi connectivity index (χ2n) is 7.15. The highest BCUT2D eigenvalue weighted by molar-refractivity contribution is 6.08. The van der Waals surface area contributed by atoms with E-state index in [0.717, 1.165) is 33.9 Å². The minimum Gasteiger partial charge on any atom is -0.463 e. The van der Waals surface area contributed by atoms with Crippen LogP contribution in [0.25, 0.3) is 21.8 Å². The summed E-state index contributed by atoms with van der Waals surface area (Å²) in [6.07, 6.45) is 0. The zero-order chi connectivity index (χ0) is 21.4. The quantitative estimate of drug-likeness (QED) is 0.652. The van der Waals surface area contributed by atoms with E-state index in [4.69, 9.17) is 15.2 Å². The fourth-order valence-corrected chi connectivity index (χ4v) is 4.28. The minimum absolute atomic E-state index is 0.0177. The zero-order valence-electron chi connectivity index (χ0n) is 17.2. The van der Waals surface area contributed by atoms with Crippen LogP contribution in [0.5, 0.6) is 0 Å². The van der Waals surface area contributed by atoms with Crippen molar-refractivity contribution >= 4 is 27.8 Å². The van der Waals surface area contributed by atoms with E-state index in [1.165, 1.54) is 0 Å². The van der Waals surface area contributed by atoms with Crippen molar-refractivity contribution in [3.8, 4) is 6.07 Å². The first-order valence-electron chi connectivity index (χ1n) is 9.98. The number of allylic oxidation sites excluding steroid dienone is 2. The molecule has 4 rings (SSSR count). The van der Waals surface area contributed by atoms with Crippen molar-refractivity contribution in [2.24, 2.45) is 5.73 Å². The third kappa shape index (κ3) is 2.91. The van der Waals surface area contributed by atoms with Crippen LogP contribution in [-0.2, 0) is 20.8 Å². The Bertz CT molecular complexity index is 1270. The molecule has 1 aromatic heterocycles. The Morgan fingerprint density at radius 2 is 1.93 bits per heavy atom. The highest BCUT2D eigenvalue weighted by atomic mass is 16.5. The van der Waals surface area contributed by atoms with Crippen LogP contribution in [-0.4, -0.2) is 17.1 Å². The van der Waals surface area contributed by atoms with Gasteiger partial charge in [-0.2, -0.15) is 5.26 Å². The monoisotopic (exact) mass is 401 g/mol. The Morgan fingerprint density at radius 1 is 1.20 bits per heavy atom. The lowest BCUT2D eigenvalue weighted by atomic mass is 9.82. The van der Waals surface area contributed by atoms with Gasteiger partial charge >= 0.3 is 5.97 Å². The summed E-state index contributed by atoms with van der Waals surface area (Å²) in [5, 5.41) is 12.0. The molecule has 0 aliphatic carbocycles. The van der Waals surface area contributed by atoms with E-state index >= 15 is 0 Å². The van der Waals surface area contributed by atoms with E-state index in [0.29, 0.717) is 11.3 Å². The first kappa shape index (κ1) is 19.6. The van der Waals surface area contributed by atoms with Gasteiger partial charge < -0.3 is 19.8 Å². The average Bonchev–Trinajstić information content (AvgIpc) is 3.06. The summed E-state index contributed by atoms with van der Waals surface area (Å²) in [5.74, 6) is -0.776. The maximum Gasteiger partial charge on any atom is 0.338 e. The van der Waals surface area contributed by atoms with Crippen molar-refractivity contribution in [1.29, 1.82) is 5.26 Å². The Balaban J connectivity index is 1.98. The minimum atomic E-state index is -0.643. The first-order chi connectivity index (χ1) is 14.5. The van der Waals surface area contributed by atoms with Crippen molar-refractivity contribution in [3.05, 3.63) is 70.8 Å². The number of benzene rings is 2. The topological polar surface area (TPSA) is 90.3 Å². The maximum atomic E-state index is 12.7. The lowest BCUT2D eigenvalue weighted by Gasteiger charge is -2.27. The molecule has 2 aromatic carbocycles. The predicted octanol–water partition coefficient (Wildman–Crippen LogP) is 4.46. The van der Waals surface area contributed by atoms with Gasteiger partial charge in [0.25, 0.3) is 0 Å². The molecule has 30 heavy (non-hydrogen) atoms. The number of rotatable bonds is 4. The van der Waals surface area contributed by atoms with E-state index in [2.05, 4.69) is 29.7 Å². The number of nitrogens with two attached hydrogens (primary N) is 1. The molecular weight excluding hydrogens is 378 g/mol. The molecule has 0 bridgehead atoms. The van der Waals surface area contributed by atoms with Gasteiger partial charge in [-0.3, -0.25) is 0 Å². The molecule has 0 amide bonds. The summed E-state index contributed by atoms with van der Waals surface area (Å²) < 4.78 is 13.0. The molecule has 6 heteroatoms. The number of nitriles is 1. The van der Waals surface area contributed by atoms with Crippen LogP contribution in [0.15, 0.2) is 65.3 Å². The van der Waals surface area contributed by atoms with Gasteiger partial charge in [0.05, 0.1) is 18.1 Å². The SMILES string of the molecule is CCOC(=O)C1=C(C)OC(N)=C(C#N)C1c1ccc2c(c1)c1ccccc1n2CC. The number of hydrogen-bond donors (Lipinski definition) is 1. The predicted molar refractivity (Wildman–Crippen MR) is 115 cm³/mol. The molecule has 2 heterocycles. The van der Waals surface area contributed by atoms with E-state index in [-0.39, 0.29) is 18.1 Å². The molecule has 0 spiro atoms. The number of carbonyl (C=O) groups is 1. The van der Waals surface area contributed by atoms with Crippen LogP contribution in [0.3, 0.4) is 0 Å². The molecule has 3 aromatic rings. The van der Waals surface area contributed by atoms with Crippen LogP contribution >= 0.6 is 0 Å². The summed E-state index contributed by atoms with van der Waals surface area (Å²) >= 11 is 0. The van der Waals surface area contributed by atoms with Crippen LogP contribution in [0, 0.1) is 11.3 Å². The van der Waals surface area contributed by atoms with Crippen LogP contribution in [0.4, 0.5) is 0 Å². The largest absolute Gasteiger partial charge is 0.463 e. The van der Waals surface area contributed by atoms with Gasteiger partial charge in [0, 0.05) is 28.4 Å². The lowest BCUT2D eigenvalue weighted by molar-refractivity contribution is -0.139. The molecule has 1 aliphatic rings. The Kier molecular flexibility index (Phi) is 4.96. The number of aromatic nitrogens is 1. The molecule has 0 radical (unpaired) electrons. The van der Waals surface area contributed by atoms with Crippen LogP contribution in [0.1, 0.15) is 32.3 Å². The Labute approximate surface area is 174 Å². The van der Waals surface area contributed by atoms with Gasteiger partial charge in [0.15, 0.2) is 0 Å². The zero-order valence-corrected chi connectivity index (χ0v) is 17.2. The van der Waals surface area contributed by atoms with Crippen molar-refractivity contribution in [3.63, 3.8) is 0 Å². The molecule has 6 nitrogen and oxygen atoms in total. The van der Waals surface area contributed by atoms with E-state index < -0.39 is 11.9 Å². The van der Waals surface area contributed by atoms with Gasteiger partial charge in [-0.15, -0.1) is 0 Å². The number of hydrogen-bond acceptors (Lipinski definition) is 5. The van der Waals surface area contributed by atoms with Gasteiger partial charge in [0.2, 0.25) is 5.88 Å². The molecule has 152 valence electrons. The van der Waals surface area contributed by atoms with Crippen LogP contribution < -0.4 is 5.73 Å². The van der Waals surface area contributed by atoms with Gasteiger partial charge in [-0.25, -0.2) is 4.79 Å².